The maximum atomic E-state index is 2.90. The summed E-state index contributed by atoms with van der Waals surface area (Å²) in [6.07, 6.45) is 5.20. The molecule has 2 aliphatic rings. The summed E-state index contributed by atoms with van der Waals surface area (Å²) in [5.74, 6) is -1.93. The molecule has 271 valence electrons. The van der Waals surface area contributed by atoms with E-state index in [1.165, 1.54) is 54.9 Å². The molecule has 0 radical (unpaired) electrons. The first-order chi connectivity index (χ1) is 27.3. The summed E-state index contributed by atoms with van der Waals surface area (Å²) in [7, 11) is 0. The van der Waals surface area contributed by atoms with Crippen molar-refractivity contribution < 1.29 is 17.9 Å². The third kappa shape index (κ3) is 5.33. The molecule has 56 heavy (non-hydrogen) atoms. The van der Waals surface area contributed by atoms with Gasteiger partial charge in [0.05, 0.1) is 0 Å². The molecule has 0 bridgehead atoms. The second-order valence-corrected chi connectivity index (χ2v) is 50.8. The summed E-state index contributed by atoms with van der Waals surface area (Å²) in [6.45, 7) is 4.95. The van der Waals surface area contributed by atoms with Crippen molar-refractivity contribution in [2.24, 2.45) is 0 Å². The number of hydrogen-bond acceptors (Lipinski definition) is 0. The van der Waals surface area contributed by atoms with Crippen LogP contribution < -0.4 is 10.4 Å². The number of benzene rings is 8. The molecule has 10 rings (SSSR count). The van der Waals surface area contributed by atoms with Gasteiger partial charge in [0.15, 0.2) is 0 Å². The van der Waals surface area contributed by atoms with Gasteiger partial charge < -0.3 is 0 Å². The van der Waals surface area contributed by atoms with E-state index in [-0.39, 0.29) is 0 Å². The van der Waals surface area contributed by atoms with Crippen LogP contribution in [0.3, 0.4) is 0 Å². The van der Waals surface area contributed by atoms with Gasteiger partial charge in [0.25, 0.3) is 0 Å². The Morgan fingerprint density at radius 2 is 0.732 bits per heavy atom. The van der Waals surface area contributed by atoms with Gasteiger partial charge in [-0.25, -0.2) is 0 Å². The molecular formula is C54H47SiZr. The standard InChI is InChI=1S/2C20H15.C12H11Si.2CH3.Zr/c2*1-14-12-16-8-5-11-19(20(16)13-14)18-10-4-7-15-6-2-3-9-17(15)18;1-3-7-11(8-4-1)13-12-9-5-2-6-10-12;;;/h2*2-13H,1H3;1-10,13H;2*1H3;. The van der Waals surface area contributed by atoms with Crippen LogP contribution in [0, 0.1) is 0 Å². The Morgan fingerprint density at radius 1 is 0.375 bits per heavy atom. The van der Waals surface area contributed by atoms with Gasteiger partial charge in [-0.15, -0.1) is 0 Å². The minimum absolute atomic E-state index is 0.374. The summed E-state index contributed by atoms with van der Waals surface area (Å²) in [4.78, 5) is 0. The molecule has 0 spiro atoms. The van der Waals surface area contributed by atoms with Crippen LogP contribution in [0.2, 0.25) is 9.26 Å². The van der Waals surface area contributed by atoms with Crippen LogP contribution >= 0.6 is 0 Å². The fourth-order valence-electron chi connectivity index (χ4n) is 11.9. The van der Waals surface area contributed by atoms with Gasteiger partial charge in [0.1, 0.15) is 0 Å². The summed E-state index contributed by atoms with van der Waals surface area (Å²) >= 11 is -4.42. The average Bonchev–Trinajstić information content (AvgIpc) is 3.78. The topological polar surface area (TPSA) is 0 Å². The summed E-state index contributed by atoms with van der Waals surface area (Å²) < 4.78 is 6.56. The number of allylic oxidation sites excluding steroid dienone is 2. The van der Waals surface area contributed by atoms with Crippen molar-refractivity contribution >= 4 is 50.0 Å². The molecule has 0 heterocycles. The van der Waals surface area contributed by atoms with E-state index >= 15 is 0 Å². The van der Waals surface area contributed by atoms with Gasteiger partial charge in [-0.2, -0.15) is 0 Å². The summed E-state index contributed by atoms with van der Waals surface area (Å²) in [5.41, 5.74) is 14.4. The van der Waals surface area contributed by atoms with E-state index in [2.05, 4.69) is 217 Å². The zero-order valence-electron chi connectivity index (χ0n) is 32.7. The van der Waals surface area contributed by atoms with Gasteiger partial charge in [0, 0.05) is 0 Å². The number of hydrogen-bond donors (Lipinski definition) is 0. The molecule has 8 aromatic rings. The van der Waals surface area contributed by atoms with Crippen molar-refractivity contribution in [3.05, 3.63) is 215 Å². The first-order valence-corrected chi connectivity index (χ1v) is 33.9. The molecule has 0 saturated heterocycles. The quantitative estimate of drug-likeness (QED) is 0.141. The minimum atomic E-state index is -4.42. The molecule has 0 N–H and O–H groups in total. The molecule has 0 aromatic heterocycles. The number of rotatable bonds is 7. The molecule has 0 fully saturated rings. The average molecular weight is 815 g/mol. The Labute approximate surface area is 333 Å². The van der Waals surface area contributed by atoms with Crippen molar-refractivity contribution in [1.82, 2.24) is 0 Å². The molecule has 0 saturated carbocycles. The van der Waals surface area contributed by atoms with Crippen molar-refractivity contribution in [3.63, 3.8) is 0 Å². The Bertz CT molecular complexity index is 2680. The Kier molecular flexibility index (Phi) is 8.51. The third-order valence-electron chi connectivity index (χ3n) is 13.7. The summed E-state index contributed by atoms with van der Waals surface area (Å²) in [6, 6.07) is 69.3. The van der Waals surface area contributed by atoms with Crippen LogP contribution in [-0.2, 0) is 17.9 Å². The van der Waals surface area contributed by atoms with E-state index in [9.17, 15) is 0 Å². The Balaban J connectivity index is 1.26. The van der Waals surface area contributed by atoms with Gasteiger partial charge >= 0.3 is 336 Å². The van der Waals surface area contributed by atoms with Gasteiger partial charge in [-0.05, 0) is 0 Å². The molecule has 2 aliphatic carbocycles. The van der Waals surface area contributed by atoms with E-state index in [0.717, 1.165) is 0 Å². The zero-order valence-corrected chi connectivity index (χ0v) is 36.3. The van der Waals surface area contributed by atoms with Crippen LogP contribution in [0.1, 0.15) is 43.4 Å². The van der Waals surface area contributed by atoms with Crippen LogP contribution in [0.5, 0.6) is 0 Å². The maximum absolute atomic E-state index is 4.42. The monoisotopic (exact) mass is 813 g/mol. The van der Waals surface area contributed by atoms with Crippen molar-refractivity contribution in [3.8, 4) is 22.3 Å². The van der Waals surface area contributed by atoms with Crippen LogP contribution in [-0.4, -0.2) is 5.92 Å². The first-order valence-electron chi connectivity index (χ1n) is 20.2. The van der Waals surface area contributed by atoms with E-state index < -0.39 is 23.9 Å². The molecule has 2 heteroatoms. The fourth-order valence-corrected chi connectivity index (χ4v) is 59.2. The van der Waals surface area contributed by atoms with Crippen molar-refractivity contribution in [2.45, 2.75) is 30.4 Å². The third-order valence-corrected chi connectivity index (χ3v) is 52.7. The zero-order chi connectivity index (χ0) is 38.0. The second kappa shape index (κ2) is 13.5. The second-order valence-electron chi connectivity index (χ2n) is 17.3. The molecule has 0 nitrogen and oxygen atoms in total. The molecule has 0 aliphatic heterocycles. The van der Waals surface area contributed by atoms with E-state index in [4.69, 9.17) is 0 Å². The van der Waals surface area contributed by atoms with E-state index in [0.29, 0.717) is 7.25 Å². The van der Waals surface area contributed by atoms with Crippen LogP contribution in [0.25, 0.3) is 56.0 Å². The fraction of sp³-hybridized carbons (Fsp3) is 0.111. The first kappa shape index (κ1) is 35.3. The van der Waals surface area contributed by atoms with E-state index in [1.54, 1.807) is 32.6 Å². The predicted octanol–water partition coefficient (Wildman–Crippen LogP) is 13.3. The SMILES string of the molecule is CC1=Cc2c(-c3cccc4ccccc34)cccc2[CH]1[Zr]([CH3])([CH3])([CH]1C(C)=Cc2c(-c3cccc4ccccc34)cccc21)[SiH](c1ccccc1)c1ccccc1. The molecule has 0 amide bonds. The van der Waals surface area contributed by atoms with Crippen LogP contribution in [0.15, 0.2) is 193 Å². The predicted molar refractivity (Wildman–Crippen MR) is 243 cm³/mol. The molecular weight excluding hydrogens is 768 g/mol. The van der Waals surface area contributed by atoms with Crippen molar-refractivity contribution in [2.75, 3.05) is 0 Å². The van der Waals surface area contributed by atoms with E-state index in [1.807, 2.05) is 0 Å². The molecule has 2 unspecified atom stereocenters. The van der Waals surface area contributed by atoms with Gasteiger partial charge in [-0.1, -0.05) is 0 Å². The van der Waals surface area contributed by atoms with Crippen LogP contribution in [0.4, 0.5) is 0 Å². The normalized spacial score (nSPS) is 17.0. The van der Waals surface area contributed by atoms with Gasteiger partial charge in [0.2, 0.25) is 0 Å². The molecule has 8 aromatic carbocycles. The summed E-state index contributed by atoms with van der Waals surface area (Å²) in [5, 5.41) is 8.38. The Hall–Kier alpha value is -5.14. The number of fused-ring (bicyclic) bond motifs is 4. The van der Waals surface area contributed by atoms with Gasteiger partial charge in [-0.3, -0.25) is 0 Å². The van der Waals surface area contributed by atoms with Crippen molar-refractivity contribution in [1.29, 1.82) is 0 Å². The Morgan fingerprint density at radius 3 is 1.18 bits per heavy atom. The molecule has 2 atom stereocenters.